The molecule has 1 rings (SSSR count). The van der Waals surface area contributed by atoms with Crippen LogP contribution in [0.15, 0.2) is 30.3 Å². The fraction of sp³-hybridized carbons (Fsp3) is 0.625. The van der Waals surface area contributed by atoms with Crippen LogP contribution in [0.25, 0.3) is 0 Å². The van der Waals surface area contributed by atoms with Gasteiger partial charge in [0.2, 0.25) is 0 Å². The van der Waals surface area contributed by atoms with Gasteiger partial charge in [0.1, 0.15) is 0 Å². The predicted octanol–water partition coefficient (Wildman–Crippen LogP) is 4.33. The molecule has 1 aromatic rings. The Morgan fingerprint density at radius 2 is 1.71 bits per heavy atom. The highest BCUT2D eigenvalue weighted by molar-refractivity contribution is 5.14. The molecule has 0 aromatic heterocycles. The number of hydrogen-bond donors (Lipinski definition) is 0. The summed E-state index contributed by atoms with van der Waals surface area (Å²) in [5.74, 6) is 0. The lowest BCUT2D eigenvalue weighted by molar-refractivity contribution is 0.181. The topological polar surface area (TPSA) is 3.24 Å². The van der Waals surface area contributed by atoms with E-state index in [-0.39, 0.29) is 0 Å². The Hall–Kier alpha value is -0.820. The van der Waals surface area contributed by atoms with Crippen molar-refractivity contribution in [2.45, 2.75) is 47.1 Å². The first-order valence-electron chi connectivity index (χ1n) is 6.77. The molecule has 0 fully saturated rings. The Morgan fingerprint density at radius 1 is 1.06 bits per heavy atom. The highest BCUT2D eigenvalue weighted by Crippen LogP contribution is 2.17. The smallest absolute Gasteiger partial charge is 0.0233 e. The molecule has 0 N–H and O–H groups in total. The summed E-state index contributed by atoms with van der Waals surface area (Å²) in [6, 6.07) is 10.8. The van der Waals surface area contributed by atoms with Crippen molar-refractivity contribution in [3.63, 3.8) is 0 Å². The first-order valence-corrected chi connectivity index (χ1v) is 6.77. The van der Waals surface area contributed by atoms with E-state index in [4.69, 9.17) is 0 Å². The van der Waals surface area contributed by atoms with E-state index in [2.05, 4.69) is 62.9 Å². The summed E-state index contributed by atoms with van der Waals surface area (Å²) in [4.78, 5) is 2.58. The summed E-state index contributed by atoms with van der Waals surface area (Å²) in [6.45, 7) is 12.7. The minimum Gasteiger partial charge on any atom is -0.299 e. The van der Waals surface area contributed by atoms with Gasteiger partial charge in [-0.25, -0.2) is 0 Å². The molecule has 96 valence electrons. The molecule has 0 aliphatic heterocycles. The van der Waals surface area contributed by atoms with Crippen LogP contribution >= 0.6 is 0 Å². The van der Waals surface area contributed by atoms with Gasteiger partial charge in [0.15, 0.2) is 0 Å². The molecule has 0 aliphatic rings. The number of rotatable bonds is 6. The zero-order chi connectivity index (χ0) is 12.7. The van der Waals surface area contributed by atoms with Gasteiger partial charge in [-0.15, -0.1) is 0 Å². The van der Waals surface area contributed by atoms with Crippen LogP contribution in [0, 0.1) is 5.41 Å². The van der Waals surface area contributed by atoms with Crippen molar-refractivity contribution in [3.05, 3.63) is 35.9 Å². The Bertz CT molecular complexity index is 297. The van der Waals surface area contributed by atoms with E-state index in [9.17, 15) is 0 Å². The standard InChI is InChI=1S/C16H27N/c1-5-6-12-17(14-16(2,3)4)13-15-10-8-7-9-11-15/h7-11H,5-6,12-14H2,1-4H3. The maximum atomic E-state index is 2.58. The van der Waals surface area contributed by atoms with Gasteiger partial charge < -0.3 is 0 Å². The molecule has 1 nitrogen and oxygen atoms in total. The molecule has 1 aromatic carbocycles. The lowest BCUT2D eigenvalue weighted by atomic mass is 9.95. The summed E-state index contributed by atoms with van der Waals surface area (Å²) in [7, 11) is 0. The zero-order valence-electron chi connectivity index (χ0n) is 11.9. The number of hydrogen-bond acceptors (Lipinski definition) is 1. The molecule has 0 aliphatic carbocycles. The van der Waals surface area contributed by atoms with Crippen LogP contribution in [0.4, 0.5) is 0 Å². The molecular formula is C16H27N. The van der Waals surface area contributed by atoms with Gasteiger partial charge in [-0.3, -0.25) is 4.90 Å². The molecule has 1 heteroatoms. The fourth-order valence-corrected chi connectivity index (χ4v) is 2.11. The molecule has 0 unspecified atom stereocenters. The van der Waals surface area contributed by atoms with Crippen molar-refractivity contribution in [1.29, 1.82) is 0 Å². The van der Waals surface area contributed by atoms with Gasteiger partial charge >= 0.3 is 0 Å². The number of unbranched alkanes of at least 4 members (excludes halogenated alkanes) is 1. The lowest BCUT2D eigenvalue weighted by Gasteiger charge is -2.30. The summed E-state index contributed by atoms with van der Waals surface area (Å²) in [5, 5.41) is 0. The van der Waals surface area contributed by atoms with E-state index in [1.807, 2.05) is 0 Å². The van der Waals surface area contributed by atoms with Gasteiger partial charge in [0.05, 0.1) is 0 Å². The van der Waals surface area contributed by atoms with E-state index in [0.29, 0.717) is 5.41 Å². The molecule has 0 radical (unpaired) electrons. The highest BCUT2D eigenvalue weighted by Gasteiger charge is 2.16. The third kappa shape index (κ3) is 6.48. The molecule has 0 saturated heterocycles. The minimum absolute atomic E-state index is 0.378. The van der Waals surface area contributed by atoms with Crippen LogP contribution in [-0.4, -0.2) is 18.0 Å². The summed E-state index contributed by atoms with van der Waals surface area (Å²) < 4.78 is 0. The van der Waals surface area contributed by atoms with E-state index in [1.54, 1.807) is 0 Å². The Morgan fingerprint density at radius 3 is 2.24 bits per heavy atom. The number of nitrogens with zero attached hydrogens (tertiary/aromatic N) is 1. The van der Waals surface area contributed by atoms with Crippen LogP contribution in [0.1, 0.15) is 46.1 Å². The van der Waals surface area contributed by atoms with Crippen LogP contribution in [-0.2, 0) is 6.54 Å². The predicted molar refractivity (Wildman–Crippen MR) is 76.1 cm³/mol. The number of benzene rings is 1. The van der Waals surface area contributed by atoms with Crippen LogP contribution in [0.2, 0.25) is 0 Å². The summed E-state index contributed by atoms with van der Waals surface area (Å²) in [6.07, 6.45) is 2.57. The van der Waals surface area contributed by atoms with E-state index in [1.165, 1.54) is 31.5 Å². The maximum absolute atomic E-state index is 2.58. The zero-order valence-corrected chi connectivity index (χ0v) is 11.9. The second kappa shape index (κ2) is 6.80. The van der Waals surface area contributed by atoms with Crippen LogP contribution in [0.3, 0.4) is 0 Å². The third-order valence-corrected chi connectivity index (χ3v) is 2.77. The van der Waals surface area contributed by atoms with Crippen molar-refractivity contribution < 1.29 is 0 Å². The maximum Gasteiger partial charge on any atom is 0.0233 e. The van der Waals surface area contributed by atoms with Crippen LogP contribution in [0.5, 0.6) is 0 Å². The molecule has 0 amide bonds. The molecule has 0 bridgehead atoms. The Balaban J connectivity index is 2.57. The van der Waals surface area contributed by atoms with Gasteiger partial charge in [0, 0.05) is 13.1 Å². The first kappa shape index (κ1) is 14.2. The van der Waals surface area contributed by atoms with Gasteiger partial charge in [-0.2, -0.15) is 0 Å². The molecule has 0 heterocycles. The largest absolute Gasteiger partial charge is 0.299 e. The minimum atomic E-state index is 0.378. The van der Waals surface area contributed by atoms with Crippen molar-refractivity contribution in [1.82, 2.24) is 4.90 Å². The quantitative estimate of drug-likeness (QED) is 0.706. The molecule has 0 saturated carbocycles. The fourth-order valence-electron chi connectivity index (χ4n) is 2.11. The first-order chi connectivity index (χ1) is 8.01. The van der Waals surface area contributed by atoms with E-state index < -0.39 is 0 Å². The van der Waals surface area contributed by atoms with Gasteiger partial charge in [-0.1, -0.05) is 64.4 Å². The molecular weight excluding hydrogens is 206 g/mol. The molecule has 0 atom stereocenters. The van der Waals surface area contributed by atoms with E-state index in [0.717, 1.165) is 6.54 Å². The van der Waals surface area contributed by atoms with Crippen molar-refractivity contribution in [2.24, 2.45) is 5.41 Å². The lowest BCUT2D eigenvalue weighted by Crippen LogP contribution is -2.33. The SMILES string of the molecule is CCCCN(Cc1ccccc1)CC(C)(C)C. The summed E-state index contributed by atoms with van der Waals surface area (Å²) >= 11 is 0. The van der Waals surface area contributed by atoms with Crippen molar-refractivity contribution in [3.8, 4) is 0 Å². The summed E-state index contributed by atoms with van der Waals surface area (Å²) in [5.41, 5.74) is 1.80. The van der Waals surface area contributed by atoms with Gasteiger partial charge in [0.25, 0.3) is 0 Å². The van der Waals surface area contributed by atoms with Crippen LogP contribution < -0.4 is 0 Å². The second-order valence-corrected chi connectivity index (χ2v) is 6.11. The normalized spacial score (nSPS) is 12.1. The Labute approximate surface area is 107 Å². The van der Waals surface area contributed by atoms with Gasteiger partial charge in [-0.05, 0) is 23.9 Å². The Kier molecular flexibility index (Phi) is 5.70. The average Bonchev–Trinajstić information content (AvgIpc) is 2.25. The molecule has 17 heavy (non-hydrogen) atoms. The monoisotopic (exact) mass is 233 g/mol. The van der Waals surface area contributed by atoms with Crippen molar-refractivity contribution >= 4 is 0 Å². The average molecular weight is 233 g/mol. The molecule has 0 spiro atoms. The van der Waals surface area contributed by atoms with E-state index >= 15 is 0 Å². The third-order valence-electron chi connectivity index (χ3n) is 2.77. The second-order valence-electron chi connectivity index (χ2n) is 6.11. The van der Waals surface area contributed by atoms with Crippen molar-refractivity contribution in [2.75, 3.05) is 13.1 Å². The highest BCUT2D eigenvalue weighted by atomic mass is 15.1.